The molecule has 0 fully saturated rings. The van der Waals surface area contributed by atoms with E-state index in [1.165, 1.54) is 29.2 Å². The van der Waals surface area contributed by atoms with Crippen molar-refractivity contribution in [2.24, 2.45) is 5.41 Å². The molecule has 0 aliphatic heterocycles. The van der Waals surface area contributed by atoms with Crippen LogP contribution in [-0.2, 0) is 4.79 Å². The molecule has 1 aromatic rings. The number of hydrogen-bond donors (Lipinski definition) is 1. The number of aliphatic hydroxyl groups excluding tert-OH is 1. The van der Waals surface area contributed by atoms with E-state index in [0.717, 1.165) is 0 Å². The Labute approximate surface area is 107 Å². The smallest absolute Gasteiger partial charge is 0.227 e. The number of nitrogens with zero attached hydrogens (tertiary/aromatic N) is 1. The van der Waals surface area contributed by atoms with Gasteiger partial charge in [-0.2, -0.15) is 0 Å². The van der Waals surface area contributed by atoms with Crippen LogP contribution in [0.1, 0.15) is 32.4 Å². The van der Waals surface area contributed by atoms with Crippen molar-refractivity contribution in [1.29, 1.82) is 0 Å². The van der Waals surface area contributed by atoms with Crippen LogP contribution in [0.15, 0.2) is 24.3 Å². The molecule has 0 aliphatic rings. The lowest BCUT2D eigenvalue weighted by Gasteiger charge is -2.27. The van der Waals surface area contributed by atoms with Crippen LogP contribution in [0, 0.1) is 11.2 Å². The van der Waals surface area contributed by atoms with Crippen molar-refractivity contribution < 1.29 is 14.3 Å². The first kappa shape index (κ1) is 14.6. The fourth-order valence-corrected chi connectivity index (χ4v) is 1.71. The lowest BCUT2D eigenvalue weighted by Crippen LogP contribution is -2.38. The zero-order valence-corrected chi connectivity index (χ0v) is 11.3. The lowest BCUT2D eigenvalue weighted by atomic mass is 9.94. The molecule has 1 amide bonds. The number of rotatable bonds is 3. The van der Waals surface area contributed by atoms with Gasteiger partial charge in [0.05, 0.1) is 12.6 Å². The molecule has 3 nitrogen and oxygen atoms in total. The van der Waals surface area contributed by atoms with Gasteiger partial charge < -0.3 is 10.0 Å². The van der Waals surface area contributed by atoms with Gasteiger partial charge >= 0.3 is 0 Å². The molecule has 0 saturated carbocycles. The Bertz CT molecular complexity index is 409. The van der Waals surface area contributed by atoms with E-state index in [1.54, 1.807) is 7.05 Å². The molecule has 1 aromatic carbocycles. The number of aliphatic hydroxyl groups is 1. The van der Waals surface area contributed by atoms with E-state index in [1.807, 2.05) is 20.8 Å². The molecular weight excluding hydrogens is 233 g/mol. The minimum Gasteiger partial charge on any atom is -0.387 e. The van der Waals surface area contributed by atoms with E-state index in [-0.39, 0.29) is 18.3 Å². The van der Waals surface area contributed by atoms with Gasteiger partial charge in [0, 0.05) is 12.5 Å². The Morgan fingerprint density at radius 1 is 1.33 bits per heavy atom. The average Bonchev–Trinajstić information content (AvgIpc) is 2.27. The Balaban J connectivity index is 2.68. The number of amides is 1. The summed E-state index contributed by atoms with van der Waals surface area (Å²) < 4.78 is 12.8. The second-order valence-electron chi connectivity index (χ2n) is 5.50. The van der Waals surface area contributed by atoms with Crippen molar-refractivity contribution >= 4 is 5.91 Å². The summed E-state index contributed by atoms with van der Waals surface area (Å²) in [4.78, 5) is 13.4. The summed E-state index contributed by atoms with van der Waals surface area (Å²) in [6.07, 6.45) is -0.804. The Morgan fingerprint density at radius 3 is 2.28 bits per heavy atom. The molecule has 0 spiro atoms. The molecule has 0 radical (unpaired) electrons. The van der Waals surface area contributed by atoms with Gasteiger partial charge in [-0.3, -0.25) is 4.79 Å². The predicted molar refractivity (Wildman–Crippen MR) is 68.5 cm³/mol. The fourth-order valence-electron chi connectivity index (χ4n) is 1.71. The molecule has 1 atom stereocenters. The topological polar surface area (TPSA) is 40.5 Å². The van der Waals surface area contributed by atoms with Gasteiger partial charge in [-0.25, -0.2) is 4.39 Å². The lowest BCUT2D eigenvalue weighted by molar-refractivity contribution is -0.139. The summed E-state index contributed by atoms with van der Waals surface area (Å²) in [5.41, 5.74) is 0.127. The van der Waals surface area contributed by atoms with Gasteiger partial charge in [-0.05, 0) is 17.7 Å². The standard InChI is InChI=1S/C14H20FNO2/c1-14(2,3)13(18)16(4)9-12(17)10-5-7-11(15)8-6-10/h5-8,12,17H,9H2,1-4H3/t12-/m0/s1. The van der Waals surface area contributed by atoms with Crippen LogP contribution in [0.3, 0.4) is 0 Å². The summed E-state index contributed by atoms with van der Waals surface area (Å²) in [6, 6.07) is 5.64. The van der Waals surface area contributed by atoms with Gasteiger partial charge in [-0.15, -0.1) is 0 Å². The highest BCUT2D eigenvalue weighted by Gasteiger charge is 2.26. The highest BCUT2D eigenvalue weighted by Crippen LogP contribution is 2.19. The van der Waals surface area contributed by atoms with Crippen LogP contribution in [0.4, 0.5) is 4.39 Å². The third-order valence-corrected chi connectivity index (χ3v) is 2.69. The number of likely N-dealkylation sites (N-methyl/N-ethyl adjacent to an activating group) is 1. The first-order valence-electron chi connectivity index (χ1n) is 5.91. The molecule has 0 saturated heterocycles. The SMILES string of the molecule is CN(C[C@H](O)c1ccc(F)cc1)C(=O)C(C)(C)C. The highest BCUT2D eigenvalue weighted by molar-refractivity contribution is 5.81. The maximum Gasteiger partial charge on any atom is 0.227 e. The van der Waals surface area contributed by atoms with Crippen molar-refractivity contribution in [3.63, 3.8) is 0 Å². The van der Waals surface area contributed by atoms with Gasteiger partial charge in [0.2, 0.25) is 5.91 Å². The second-order valence-corrected chi connectivity index (χ2v) is 5.50. The molecule has 100 valence electrons. The maximum absolute atomic E-state index is 12.8. The number of benzene rings is 1. The summed E-state index contributed by atoms with van der Waals surface area (Å²) >= 11 is 0. The highest BCUT2D eigenvalue weighted by atomic mass is 19.1. The van der Waals surface area contributed by atoms with Crippen molar-refractivity contribution in [1.82, 2.24) is 4.90 Å². The summed E-state index contributed by atoms with van der Waals surface area (Å²) in [5, 5.41) is 9.98. The number of hydrogen-bond acceptors (Lipinski definition) is 2. The Kier molecular flexibility index (Phi) is 4.46. The molecule has 0 bridgehead atoms. The number of halogens is 1. The average molecular weight is 253 g/mol. The van der Waals surface area contributed by atoms with Gasteiger partial charge in [-0.1, -0.05) is 32.9 Å². The van der Waals surface area contributed by atoms with Gasteiger partial charge in [0.25, 0.3) is 0 Å². The predicted octanol–water partition coefficient (Wildman–Crippen LogP) is 2.36. The van der Waals surface area contributed by atoms with E-state index in [4.69, 9.17) is 0 Å². The molecule has 18 heavy (non-hydrogen) atoms. The molecule has 1 N–H and O–H groups in total. The minimum absolute atomic E-state index is 0.0383. The fraction of sp³-hybridized carbons (Fsp3) is 0.500. The molecule has 0 heterocycles. The molecular formula is C14H20FNO2. The monoisotopic (exact) mass is 253 g/mol. The zero-order valence-electron chi connectivity index (χ0n) is 11.3. The Hall–Kier alpha value is -1.42. The second kappa shape index (κ2) is 5.48. The molecule has 4 heteroatoms. The minimum atomic E-state index is -0.804. The van der Waals surface area contributed by atoms with Crippen LogP contribution < -0.4 is 0 Å². The van der Waals surface area contributed by atoms with Crippen molar-refractivity contribution in [2.45, 2.75) is 26.9 Å². The van der Waals surface area contributed by atoms with Crippen LogP contribution >= 0.6 is 0 Å². The number of carbonyl (C=O) groups is 1. The maximum atomic E-state index is 12.8. The molecule has 0 aromatic heterocycles. The van der Waals surface area contributed by atoms with Crippen molar-refractivity contribution in [2.75, 3.05) is 13.6 Å². The summed E-state index contributed by atoms with van der Waals surface area (Å²) in [7, 11) is 1.65. The first-order valence-corrected chi connectivity index (χ1v) is 5.91. The Morgan fingerprint density at radius 2 is 1.83 bits per heavy atom. The van der Waals surface area contributed by atoms with Crippen LogP contribution in [0.2, 0.25) is 0 Å². The third kappa shape index (κ3) is 3.81. The van der Waals surface area contributed by atoms with Crippen LogP contribution in [-0.4, -0.2) is 29.5 Å². The first-order chi connectivity index (χ1) is 8.21. The van der Waals surface area contributed by atoms with E-state index in [2.05, 4.69) is 0 Å². The van der Waals surface area contributed by atoms with Crippen LogP contribution in [0.25, 0.3) is 0 Å². The largest absolute Gasteiger partial charge is 0.387 e. The zero-order chi connectivity index (χ0) is 13.9. The van der Waals surface area contributed by atoms with Crippen molar-refractivity contribution in [3.8, 4) is 0 Å². The normalized spacial score (nSPS) is 13.2. The summed E-state index contributed by atoms with van der Waals surface area (Å²) in [6.45, 7) is 5.68. The van der Waals surface area contributed by atoms with Gasteiger partial charge in [0.1, 0.15) is 5.82 Å². The van der Waals surface area contributed by atoms with Gasteiger partial charge in [0.15, 0.2) is 0 Å². The van der Waals surface area contributed by atoms with E-state index >= 15 is 0 Å². The van der Waals surface area contributed by atoms with E-state index in [0.29, 0.717) is 5.56 Å². The number of carbonyl (C=O) groups excluding carboxylic acids is 1. The molecule has 0 aliphatic carbocycles. The third-order valence-electron chi connectivity index (χ3n) is 2.69. The quantitative estimate of drug-likeness (QED) is 0.898. The van der Waals surface area contributed by atoms with E-state index in [9.17, 15) is 14.3 Å². The summed E-state index contributed by atoms with van der Waals surface area (Å²) in [5.74, 6) is -0.381. The van der Waals surface area contributed by atoms with Crippen LogP contribution in [0.5, 0.6) is 0 Å². The van der Waals surface area contributed by atoms with E-state index < -0.39 is 11.5 Å². The molecule has 0 unspecified atom stereocenters. The molecule has 1 rings (SSSR count). The van der Waals surface area contributed by atoms with Crippen molar-refractivity contribution in [3.05, 3.63) is 35.6 Å².